The summed E-state index contributed by atoms with van der Waals surface area (Å²) >= 11 is 0. The maximum absolute atomic E-state index is 5.62. The van der Waals surface area contributed by atoms with Crippen LogP contribution < -0.4 is 5.32 Å². The van der Waals surface area contributed by atoms with E-state index in [1.807, 2.05) is 37.9 Å². The Hall–Kier alpha value is -0.870. The van der Waals surface area contributed by atoms with Crippen LogP contribution in [0, 0.1) is 0 Å². The van der Waals surface area contributed by atoms with Crippen molar-refractivity contribution in [1.82, 2.24) is 14.9 Å². The quantitative estimate of drug-likeness (QED) is 0.775. The molecule has 1 rings (SSSR count). The molecule has 0 aliphatic rings. The molecule has 0 aromatic carbocycles. The van der Waals surface area contributed by atoms with E-state index in [-0.39, 0.29) is 12.1 Å². The van der Waals surface area contributed by atoms with Crippen LogP contribution in [0.15, 0.2) is 12.4 Å². The number of nitrogens with zero attached hydrogens (tertiary/aromatic N) is 2. The van der Waals surface area contributed by atoms with E-state index in [2.05, 4.69) is 17.2 Å². The van der Waals surface area contributed by atoms with E-state index < -0.39 is 0 Å². The molecule has 1 aromatic rings. The van der Waals surface area contributed by atoms with Crippen LogP contribution in [-0.2, 0) is 11.8 Å². The Bertz CT molecular complexity index is 283. The molecule has 0 amide bonds. The van der Waals surface area contributed by atoms with E-state index in [4.69, 9.17) is 4.74 Å². The minimum Gasteiger partial charge on any atom is -0.377 e. The lowest BCUT2D eigenvalue weighted by molar-refractivity contribution is 0.0592. The predicted molar refractivity (Wildman–Crippen MR) is 60.7 cm³/mol. The number of aromatic nitrogens is 2. The van der Waals surface area contributed by atoms with Gasteiger partial charge in [-0.1, -0.05) is 6.92 Å². The summed E-state index contributed by atoms with van der Waals surface area (Å²) in [5.74, 6) is 1.03. The van der Waals surface area contributed by atoms with Gasteiger partial charge in [0.05, 0.1) is 18.8 Å². The summed E-state index contributed by atoms with van der Waals surface area (Å²) < 4.78 is 7.64. The maximum atomic E-state index is 5.62. The van der Waals surface area contributed by atoms with Gasteiger partial charge in [0.25, 0.3) is 0 Å². The molecule has 0 aliphatic carbocycles. The van der Waals surface area contributed by atoms with Crippen LogP contribution in [0.1, 0.15) is 32.6 Å². The van der Waals surface area contributed by atoms with Crippen molar-refractivity contribution in [3.63, 3.8) is 0 Å². The fraction of sp³-hybridized carbons (Fsp3) is 0.727. The smallest absolute Gasteiger partial charge is 0.127 e. The maximum Gasteiger partial charge on any atom is 0.127 e. The van der Waals surface area contributed by atoms with Gasteiger partial charge in [-0.3, -0.25) is 0 Å². The van der Waals surface area contributed by atoms with Crippen molar-refractivity contribution in [2.45, 2.75) is 32.9 Å². The van der Waals surface area contributed by atoms with Crippen LogP contribution in [0.25, 0.3) is 0 Å². The zero-order valence-corrected chi connectivity index (χ0v) is 10.0. The first-order valence-corrected chi connectivity index (χ1v) is 5.47. The molecule has 0 spiro atoms. The number of ether oxygens (including phenoxy) is 1. The second-order valence-corrected chi connectivity index (χ2v) is 3.89. The molecule has 1 heterocycles. The molecule has 1 N–H and O–H groups in total. The van der Waals surface area contributed by atoms with E-state index in [1.165, 1.54) is 0 Å². The van der Waals surface area contributed by atoms with Gasteiger partial charge in [-0.15, -0.1) is 0 Å². The summed E-state index contributed by atoms with van der Waals surface area (Å²) in [6, 6.07) is 0.178. The van der Waals surface area contributed by atoms with E-state index >= 15 is 0 Å². The lowest BCUT2D eigenvalue weighted by atomic mass is 10.3. The fourth-order valence-electron chi connectivity index (χ4n) is 1.47. The topological polar surface area (TPSA) is 39.1 Å². The highest BCUT2D eigenvalue weighted by Gasteiger charge is 2.15. The number of hydrogen-bond acceptors (Lipinski definition) is 3. The van der Waals surface area contributed by atoms with Crippen molar-refractivity contribution in [3.8, 4) is 0 Å². The van der Waals surface area contributed by atoms with Crippen LogP contribution in [-0.4, -0.2) is 28.8 Å². The largest absolute Gasteiger partial charge is 0.377 e. The molecule has 0 radical (unpaired) electrons. The van der Waals surface area contributed by atoms with E-state index in [0.29, 0.717) is 6.61 Å². The Morgan fingerprint density at radius 3 is 2.73 bits per heavy atom. The number of aryl methyl sites for hydroxylation is 1. The molecule has 15 heavy (non-hydrogen) atoms. The number of likely N-dealkylation sites (N-methyl/N-ethyl adjacent to an activating group) is 1. The number of imidazole rings is 1. The third-order valence-corrected chi connectivity index (χ3v) is 2.22. The summed E-state index contributed by atoms with van der Waals surface area (Å²) in [7, 11) is 2.00. The number of rotatable bonds is 6. The van der Waals surface area contributed by atoms with Crippen molar-refractivity contribution < 1.29 is 4.74 Å². The Morgan fingerprint density at radius 1 is 1.53 bits per heavy atom. The number of hydrogen-bond donors (Lipinski definition) is 1. The van der Waals surface area contributed by atoms with E-state index in [0.717, 1.165) is 12.4 Å². The Balaban J connectivity index is 2.61. The molecule has 0 saturated heterocycles. The van der Waals surface area contributed by atoms with Crippen molar-refractivity contribution in [1.29, 1.82) is 0 Å². The van der Waals surface area contributed by atoms with Gasteiger partial charge < -0.3 is 14.6 Å². The van der Waals surface area contributed by atoms with E-state index in [9.17, 15) is 0 Å². The Morgan fingerprint density at radius 2 is 2.27 bits per heavy atom. The molecule has 86 valence electrons. The first kappa shape index (κ1) is 12.2. The van der Waals surface area contributed by atoms with Crippen LogP contribution in [0.3, 0.4) is 0 Å². The first-order chi connectivity index (χ1) is 7.15. The van der Waals surface area contributed by atoms with Crippen molar-refractivity contribution in [2.75, 3.05) is 13.2 Å². The van der Waals surface area contributed by atoms with Gasteiger partial charge in [-0.2, -0.15) is 0 Å². The average Bonchev–Trinajstić information content (AvgIpc) is 2.59. The summed E-state index contributed by atoms with van der Waals surface area (Å²) in [5.41, 5.74) is 0. The molecular weight excluding hydrogens is 190 g/mol. The van der Waals surface area contributed by atoms with Crippen molar-refractivity contribution in [2.24, 2.45) is 7.05 Å². The number of nitrogens with one attached hydrogen (secondary N) is 1. The van der Waals surface area contributed by atoms with Crippen molar-refractivity contribution in [3.05, 3.63) is 18.2 Å². The van der Waals surface area contributed by atoms with Gasteiger partial charge in [-0.25, -0.2) is 4.98 Å². The Labute approximate surface area is 91.7 Å². The minimum absolute atomic E-state index is 0.178. The summed E-state index contributed by atoms with van der Waals surface area (Å²) in [6.45, 7) is 7.75. The third-order valence-electron chi connectivity index (χ3n) is 2.22. The second-order valence-electron chi connectivity index (χ2n) is 3.89. The average molecular weight is 211 g/mol. The van der Waals surface area contributed by atoms with Crippen LogP contribution >= 0.6 is 0 Å². The summed E-state index contributed by atoms with van der Waals surface area (Å²) in [5, 5.41) is 3.37. The van der Waals surface area contributed by atoms with Crippen LogP contribution in [0.5, 0.6) is 0 Å². The lowest BCUT2D eigenvalue weighted by Crippen LogP contribution is -2.28. The fourth-order valence-corrected chi connectivity index (χ4v) is 1.47. The molecule has 0 fully saturated rings. The zero-order chi connectivity index (χ0) is 11.3. The highest BCUT2D eigenvalue weighted by molar-refractivity contribution is 4.98. The van der Waals surface area contributed by atoms with Crippen LogP contribution in [0.4, 0.5) is 0 Å². The molecule has 0 aliphatic heterocycles. The standard InChI is InChI=1S/C11H21N3O/c1-5-12-10(8-15-9(2)3)11-13-6-7-14(11)4/h6-7,9-10,12H,5,8H2,1-4H3. The summed E-state index contributed by atoms with van der Waals surface area (Å²) in [6.07, 6.45) is 4.02. The van der Waals surface area contributed by atoms with Gasteiger partial charge in [0.2, 0.25) is 0 Å². The highest BCUT2D eigenvalue weighted by Crippen LogP contribution is 2.10. The van der Waals surface area contributed by atoms with Gasteiger partial charge in [0, 0.05) is 19.4 Å². The monoisotopic (exact) mass is 211 g/mol. The molecule has 1 unspecified atom stereocenters. The zero-order valence-electron chi connectivity index (χ0n) is 10.0. The molecule has 0 saturated carbocycles. The molecule has 0 bridgehead atoms. The normalized spacial score (nSPS) is 13.4. The first-order valence-electron chi connectivity index (χ1n) is 5.47. The minimum atomic E-state index is 0.178. The van der Waals surface area contributed by atoms with Crippen molar-refractivity contribution >= 4 is 0 Å². The molecular formula is C11H21N3O. The van der Waals surface area contributed by atoms with Crippen LogP contribution in [0.2, 0.25) is 0 Å². The predicted octanol–water partition coefficient (Wildman–Crippen LogP) is 1.50. The van der Waals surface area contributed by atoms with Gasteiger partial charge >= 0.3 is 0 Å². The highest BCUT2D eigenvalue weighted by atomic mass is 16.5. The molecule has 4 nitrogen and oxygen atoms in total. The SMILES string of the molecule is CCNC(COC(C)C)c1nccn1C. The third kappa shape index (κ3) is 3.64. The van der Waals surface area contributed by atoms with E-state index in [1.54, 1.807) is 0 Å². The second kappa shape index (κ2) is 5.88. The summed E-state index contributed by atoms with van der Waals surface area (Å²) in [4.78, 5) is 4.33. The lowest BCUT2D eigenvalue weighted by Gasteiger charge is -2.19. The van der Waals surface area contributed by atoms with Gasteiger partial charge in [0.1, 0.15) is 5.82 Å². The molecule has 1 atom stereocenters. The molecule has 1 aromatic heterocycles. The van der Waals surface area contributed by atoms with Gasteiger partial charge in [-0.05, 0) is 20.4 Å². The van der Waals surface area contributed by atoms with Gasteiger partial charge in [0.15, 0.2) is 0 Å². The molecule has 4 heteroatoms. The Kier molecular flexibility index (Phi) is 4.78.